The first-order chi connectivity index (χ1) is 16.0. The van der Waals surface area contributed by atoms with E-state index in [0.29, 0.717) is 11.8 Å². The number of benzene rings is 1. The Morgan fingerprint density at radius 2 is 1.94 bits per heavy atom. The monoisotopic (exact) mass is 465 g/mol. The van der Waals surface area contributed by atoms with E-state index in [1.807, 2.05) is 6.92 Å². The number of nitrogens with zero attached hydrogens (tertiary/aromatic N) is 1. The van der Waals surface area contributed by atoms with Crippen LogP contribution in [-0.4, -0.2) is 52.2 Å². The van der Waals surface area contributed by atoms with Crippen molar-refractivity contribution >= 4 is 6.29 Å². The number of carbonyl (C=O) groups is 1. The number of likely N-dealkylation sites (tertiary alicyclic amines) is 1. The molecule has 4 saturated carbocycles. The standard InChI is InChI=1S/C29H39NO4/c1-25(2,3)26(4,33)20-14-28-10-9-27(20,16-31)24-29(28)11-12-30(15-17-5-6-17)21(28)13-18-7-8-19(32)23(34-24)22(18)29/h7-8,16-17,20-21,24,32-33H,5-6,9-15H2,1-4H3/t20-,21-,24?,26+,27-,28-,29+/m1/s1. The lowest BCUT2D eigenvalue weighted by Crippen LogP contribution is -2.81. The first-order valence-electron chi connectivity index (χ1n) is 13.5. The van der Waals surface area contributed by atoms with Gasteiger partial charge in [-0.1, -0.05) is 26.8 Å². The van der Waals surface area contributed by atoms with Crippen molar-refractivity contribution in [2.45, 2.75) is 95.8 Å². The van der Waals surface area contributed by atoms with E-state index in [1.54, 1.807) is 6.07 Å². The van der Waals surface area contributed by atoms with Gasteiger partial charge in [-0.25, -0.2) is 0 Å². The van der Waals surface area contributed by atoms with E-state index in [-0.39, 0.29) is 34.0 Å². The van der Waals surface area contributed by atoms with Gasteiger partial charge >= 0.3 is 0 Å². The molecule has 7 aliphatic rings. The number of ether oxygens (including phenoxy) is 1. The predicted molar refractivity (Wildman–Crippen MR) is 129 cm³/mol. The number of rotatable bonds is 4. The Labute approximate surface area is 202 Å². The average Bonchev–Trinajstić information content (AvgIpc) is 3.53. The van der Waals surface area contributed by atoms with Crippen molar-refractivity contribution in [1.82, 2.24) is 4.90 Å². The number of phenols is 1. The Morgan fingerprint density at radius 1 is 1.18 bits per heavy atom. The number of hydrogen-bond donors (Lipinski definition) is 2. The largest absolute Gasteiger partial charge is 0.504 e. The number of aliphatic hydroxyl groups is 1. The fraction of sp³-hybridized carbons (Fsp3) is 0.759. The Hall–Kier alpha value is -1.59. The summed E-state index contributed by atoms with van der Waals surface area (Å²) in [4.78, 5) is 16.0. The number of hydrogen-bond acceptors (Lipinski definition) is 5. The van der Waals surface area contributed by atoms with Crippen molar-refractivity contribution in [3.05, 3.63) is 23.3 Å². The van der Waals surface area contributed by atoms with Crippen LogP contribution in [0.25, 0.3) is 0 Å². The van der Waals surface area contributed by atoms with Crippen LogP contribution in [0.4, 0.5) is 0 Å². The van der Waals surface area contributed by atoms with Gasteiger partial charge in [0.15, 0.2) is 11.5 Å². The van der Waals surface area contributed by atoms with Crippen LogP contribution in [0.3, 0.4) is 0 Å². The lowest BCUT2D eigenvalue weighted by molar-refractivity contribution is -0.269. The molecule has 1 unspecified atom stereocenters. The first kappa shape index (κ1) is 21.7. The van der Waals surface area contributed by atoms with E-state index >= 15 is 0 Å². The van der Waals surface area contributed by atoms with E-state index in [9.17, 15) is 15.0 Å². The SMILES string of the molecule is CC(C)(C)[C@@](C)(O)[C@H]1C[C@@]23CC[C@]1(C=O)C1Oc4c(O)ccc5c4[C@@]12CCN(CC1CC1)[C@@H]3C5. The fourth-order valence-electron chi connectivity index (χ4n) is 9.57. The van der Waals surface area contributed by atoms with Crippen LogP contribution in [0.2, 0.25) is 0 Å². The summed E-state index contributed by atoms with van der Waals surface area (Å²) in [5.41, 5.74) is 0.0926. The average molecular weight is 466 g/mol. The summed E-state index contributed by atoms with van der Waals surface area (Å²) >= 11 is 0. The minimum Gasteiger partial charge on any atom is -0.504 e. The summed E-state index contributed by atoms with van der Waals surface area (Å²) in [5.74, 6) is 1.49. The highest BCUT2D eigenvalue weighted by atomic mass is 16.5. The molecular formula is C29H39NO4. The van der Waals surface area contributed by atoms with Gasteiger partial charge in [0.1, 0.15) is 12.4 Å². The molecule has 184 valence electrons. The third kappa shape index (κ3) is 2.20. The van der Waals surface area contributed by atoms with Gasteiger partial charge in [0, 0.05) is 34.9 Å². The Morgan fingerprint density at radius 3 is 2.62 bits per heavy atom. The zero-order valence-electron chi connectivity index (χ0n) is 21.1. The molecule has 7 atom stereocenters. The second-order valence-corrected chi connectivity index (χ2v) is 13.9. The molecule has 1 saturated heterocycles. The molecule has 0 amide bonds. The molecule has 5 nitrogen and oxygen atoms in total. The van der Waals surface area contributed by atoms with E-state index in [2.05, 4.69) is 31.7 Å². The molecule has 2 heterocycles. The van der Waals surface area contributed by atoms with Crippen LogP contribution in [0.1, 0.15) is 77.3 Å². The maximum Gasteiger partial charge on any atom is 0.165 e. The normalized spacial score (nSPS) is 43.7. The van der Waals surface area contributed by atoms with Crippen LogP contribution >= 0.6 is 0 Å². The number of aromatic hydroxyl groups is 1. The van der Waals surface area contributed by atoms with Crippen LogP contribution in [0.5, 0.6) is 11.5 Å². The Bertz CT molecular complexity index is 1090. The maximum absolute atomic E-state index is 13.2. The minimum atomic E-state index is -1.01. The molecule has 5 heteroatoms. The number of fused-ring (bicyclic) bond motifs is 2. The summed E-state index contributed by atoms with van der Waals surface area (Å²) in [5, 5.41) is 23.0. The summed E-state index contributed by atoms with van der Waals surface area (Å²) < 4.78 is 6.79. The van der Waals surface area contributed by atoms with E-state index < -0.39 is 11.0 Å². The molecule has 34 heavy (non-hydrogen) atoms. The molecule has 5 fully saturated rings. The number of carbonyl (C=O) groups excluding carboxylic acids is 1. The highest BCUT2D eigenvalue weighted by Crippen LogP contribution is 2.79. The zero-order chi connectivity index (χ0) is 23.9. The van der Waals surface area contributed by atoms with Crippen LogP contribution in [0, 0.1) is 28.1 Å². The summed E-state index contributed by atoms with van der Waals surface area (Å²) in [6.07, 6.45) is 8.11. The van der Waals surface area contributed by atoms with Gasteiger partial charge in [0.05, 0.1) is 11.0 Å². The maximum atomic E-state index is 13.2. The molecular weight excluding hydrogens is 426 g/mol. The van der Waals surface area contributed by atoms with Crippen LogP contribution in [-0.2, 0) is 16.6 Å². The minimum absolute atomic E-state index is 0.0402. The van der Waals surface area contributed by atoms with Crippen molar-refractivity contribution in [2.75, 3.05) is 13.1 Å². The highest BCUT2D eigenvalue weighted by molar-refractivity contribution is 5.71. The van der Waals surface area contributed by atoms with Crippen molar-refractivity contribution in [2.24, 2.45) is 28.1 Å². The smallest absolute Gasteiger partial charge is 0.165 e. The Kier molecular flexibility index (Phi) is 3.96. The third-order valence-electron chi connectivity index (χ3n) is 11.8. The molecule has 0 aromatic heterocycles. The number of aldehydes is 1. The molecule has 2 N–H and O–H groups in total. The number of phenolic OH excluding ortho intramolecular Hbond substituents is 1. The highest BCUT2D eigenvalue weighted by Gasteiger charge is 2.82. The van der Waals surface area contributed by atoms with Crippen molar-refractivity contribution in [3.8, 4) is 11.5 Å². The van der Waals surface area contributed by atoms with Gasteiger partial charge in [-0.15, -0.1) is 0 Å². The molecule has 1 aromatic carbocycles. The second kappa shape index (κ2) is 6.21. The molecule has 5 aliphatic carbocycles. The molecule has 0 radical (unpaired) electrons. The number of piperidine rings is 1. The van der Waals surface area contributed by atoms with Gasteiger partial charge in [0.25, 0.3) is 0 Å². The molecule has 1 aromatic rings. The second-order valence-electron chi connectivity index (χ2n) is 13.9. The van der Waals surface area contributed by atoms with Crippen LogP contribution < -0.4 is 4.74 Å². The Balaban J connectivity index is 1.48. The van der Waals surface area contributed by atoms with Gasteiger partial charge < -0.3 is 19.7 Å². The zero-order valence-corrected chi connectivity index (χ0v) is 21.1. The molecule has 8 rings (SSSR count). The molecule has 4 bridgehead atoms. The summed E-state index contributed by atoms with van der Waals surface area (Å²) in [6.45, 7) is 10.4. The topological polar surface area (TPSA) is 70.0 Å². The van der Waals surface area contributed by atoms with Gasteiger partial charge in [0.2, 0.25) is 0 Å². The summed E-state index contributed by atoms with van der Waals surface area (Å²) in [7, 11) is 0. The molecule has 2 spiro atoms. The summed E-state index contributed by atoms with van der Waals surface area (Å²) in [6, 6.07) is 4.30. The van der Waals surface area contributed by atoms with Crippen molar-refractivity contribution in [1.29, 1.82) is 0 Å². The third-order valence-corrected chi connectivity index (χ3v) is 11.8. The van der Waals surface area contributed by atoms with Crippen molar-refractivity contribution < 1.29 is 19.7 Å². The lowest BCUT2D eigenvalue weighted by Gasteiger charge is -2.75. The lowest BCUT2D eigenvalue weighted by atomic mass is 9.31. The predicted octanol–water partition coefficient (Wildman–Crippen LogP) is 4.21. The quantitative estimate of drug-likeness (QED) is 0.652. The first-order valence-corrected chi connectivity index (χ1v) is 13.5. The molecule has 2 aliphatic heterocycles. The van der Waals surface area contributed by atoms with E-state index in [1.165, 1.54) is 30.5 Å². The van der Waals surface area contributed by atoms with E-state index in [0.717, 1.165) is 50.9 Å². The van der Waals surface area contributed by atoms with Crippen molar-refractivity contribution in [3.63, 3.8) is 0 Å². The van der Waals surface area contributed by atoms with Crippen LogP contribution in [0.15, 0.2) is 12.1 Å². The van der Waals surface area contributed by atoms with Gasteiger partial charge in [-0.3, -0.25) is 4.90 Å². The fourth-order valence-corrected chi connectivity index (χ4v) is 9.57. The van der Waals surface area contributed by atoms with Gasteiger partial charge in [-0.2, -0.15) is 0 Å². The van der Waals surface area contributed by atoms with Gasteiger partial charge in [-0.05, 0) is 81.4 Å². The van der Waals surface area contributed by atoms with E-state index in [4.69, 9.17) is 4.74 Å².